The van der Waals surface area contributed by atoms with Crippen molar-refractivity contribution in [3.8, 4) is 0 Å². The maximum absolute atomic E-state index is 13.4. The topological polar surface area (TPSA) is 70.6 Å². The van der Waals surface area contributed by atoms with Crippen molar-refractivity contribution in [1.29, 1.82) is 0 Å². The summed E-state index contributed by atoms with van der Waals surface area (Å²) in [6, 6.07) is 5.98. The third-order valence-corrected chi connectivity index (χ3v) is 3.44. The Morgan fingerprint density at radius 3 is 3.00 bits per heavy atom. The van der Waals surface area contributed by atoms with Gasteiger partial charge in [-0.25, -0.2) is 4.39 Å². The van der Waals surface area contributed by atoms with Crippen LogP contribution in [0.3, 0.4) is 0 Å². The number of aliphatic hydroxyl groups excluding tert-OH is 1. The van der Waals surface area contributed by atoms with Gasteiger partial charge in [-0.1, -0.05) is 18.2 Å². The molecule has 0 unspecified atom stereocenters. The van der Waals surface area contributed by atoms with Gasteiger partial charge in [0.25, 0.3) is 0 Å². The summed E-state index contributed by atoms with van der Waals surface area (Å²) in [6.45, 7) is 1.57. The van der Waals surface area contributed by atoms with Crippen molar-refractivity contribution < 1.29 is 19.0 Å². The highest BCUT2D eigenvalue weighted by molar-refractivity contribution is 5.78. The number of hydrogen-bond donors (Lipinski definition) is 3. The largest absolute Gasteiger partial charge is 0.386 e. The van der Waals surface area contributed by atoms with E-state index in [-0.39, 0.29) is 30.7 Å². The van der Waals surface area contributed by atoms with E-state index in [0.29, 0.717) is 6.54 Å². The Labute approximate surface area is 123 Å². The summed E-state index contributed by atoms with van der Waals surface area (Å²) in [6.07, 6.45) is 1.21. The highest BCUT2D eigenvalue weighted by atomic mass is 19.1. The van der Waals surface area contributed by atoms with Gasteiger partial charge in [0.05, 0.1) is 18.8 Å². The minimum absolute atomic E-state index is 0.0125. The number of hydrogen-bond acceptors (Lipinski definition) is 4. The van der Waals surface area contributed by atoms with Crippen molar-refractivity contribution in [2.75, 3.05) is 26.2 Å². The second-order valence-corrected chi connectivity index (χ2v) is 5.11. The van der Waals surface area contributed by atoms with Crippen LogP contribution in [0.5, 0.6) is 0 Å². The Kier molecular flexibility index (Phi) is 6.10. The molecule has 1 amide bonds. The molecule has 6 heteroatoms. The number of ether oxygens (including phenoxy) is 1. The van der Waals surface area contributed by atoms with Crippen LogP contribution in [0.15, 0.2) is 24.3 Å². The number of carbonyl (C=O) groups is 1. The van der Waals surface area contributed by atoms with E-state index in [4.69, 9.17) is 4.74 Å². The molecule has 21 heavy (non-hydrogen) atoms. The average molecular weight is 296 g/mol. The number of nitrogens with one attached hydrogen (secondary N) is 2. The first-order chi connectivity index (χ1) is 10.2. The highest BCUT2D eigenvalue weighted by Crippen LogP contribution is 2.15. The van der Waals surface area contributed by atoms with E-state index in [9.17, 15) is 14.3 Å². The van der Waals surface area contributed by atoms with E-state index in [1.54, 1.807) is 12.1 Å². The maximum atomic E-state index is 13.4. The summed E-state index contributed by atoms with van der Waals surface area (Å²) in [5.41, 5.74) is 0.185. The lowest BCUT2D eigenvalue weighted by Crippen LogP contribution is -2.38. The molecule has 0 saturated carbocycles. The molecule has 2 atom stereocenters. The van der Waals surface area contributed by atoms with Crippen LogP contribution in [-0.4, -0.2) is 43.4 Å². The minimum atomic E-state index is -1.05. The maximum Gasteiger partial charge on any atom is 0.234 e. The molecule has 1 aliphatic rings. The molecule has 5 nitrogen and oxygen atoms in total. The SMILES string of the molecule is O=C(CNC[C@@H]1CCCO1)NC[C@H](O)c1ccccc1F. The second-order valence-electron chi connectivity index (χ2n) is 5.11. The van der Waals surface area contributed by atoms with Crippen molar-refractivity contribution in [2.24, 2.45) is 0 Å². The normalized spacial score (nSPS) is 19.4. The van der Waals surface area contributed by atoms with Crippen LogP contribution in [0.2, 0.25) is 0 Å². The molecule has 3 N–H and O–H groups in total. The third-order valence-electron chi connectivity index (χ3n) is 3.44. The van der Waals surface area contributed by atoms with E-state index in [0.717, 1.165) is 19.4 Å². The minimum Gasteiger partial charge on any atom is -0.386 e. The van der Waals surface area contributed by atoms with Gasteiger partial charge in [-0.2, -0.15) is 0 Å². The van der Waals surface area contributed by atoms with Gasteiger partial charge in [-0.15, -0.1) is 0 Å². The van der Waals surface area contributed by atoms with Gasteiger partial charge in [0.1, 0.15) is 5.82 Å². The Hall–Kier alpha value is -1.50. The quantitative estimate of drug-likeness (QED) is 0.694. The van der Waals surface area contributed by atoms with Gasteiger partial charge >= 0.3 is 0 Å². The standard InChI is InChI=1S/C15H21FN2O3/c16-13-6-2-1-5-12(13)14(19)9-18-15(20)10-17-8-11-4-3-7-21-11/h1-2,5-6,11,14,17,19H,3-4,7-10H2,(H,18,20)/t11-,14-/m0/s1. The van der Waals surface area contributed by atoms with E-state index in [2.05, 4.69) is 10.6 Å². The lowest BCUT2D eigenvalue weighted by atomic mass is 10.1. The Morgan fingerprint density at radius 2 is 2.29 bits per heavy atom. The molecule has 0 aromatic heterocycles. The van der Waals surface area contributed by atoms with Crippen LogP contribution in [0, 0.1) is 5.82 Å². The first-order valence-electron chi connectivity index (χ1n) is 7.18. The molecule has 1 aromatic rings. The van der Waals surface area contributed by atoms with Crippen LogP contribution < -0.4 is 10.6 Å². The van der Waals surface area contributed by atoms with Gasteiger partial charge in [-0.3, -0.25) is 4.79 Å². The smallest absolute Gasteiger partial charge is 0.234 e. The van der Waals surface area contributed by atoms with E-state index < -0.39 is 11.9 Å². The first-order valence-corrected chi connectivity index (χ1v) is 7.18. The number of aliphatic hydroxyl groups is 1. The zero-order valence-corrected chi connectivity index (χ0v) is 11.8. The van der Waals surface area contributed by atoms with E-state index >= 15 is 0 Å². The van der Waals surface area contributed by atoms with Crippen molar-refractivity contribution in [2.45, 2.75) is 25.0 Å². The summed E-state index contributed by atoms with van der Waals surface area (Å²) in [4.78, 5) is 11.6. The predicted octanol–water partition coefficient (Wildman–Crippen LogP) is 0.744. The number of rotatable bonds is 7. The lowest BCUT2D eigenvalue weighted by Gasteiger charge is -2.14. The summed E-state index contributed by atoms with van der Waals surface area (Å²) in [7, 11) is 0. The Morgan fingerprint density at radius 1 is 1.48 bits per heavy atom. The van der Waals surface area contributed by atoms with Gasteiger partial charge in [0.15, 0.2) is 0 Å². The zero-order valence-electron chi connectivity index (χ0n) is 11.8. The van der Waals surface area contributed by atoms with Crippen LogP contribution >= 0.6 is 0 Å². The molecule has 0 radical (unpaired) electrons. The molecule has 0 aliphatic carbocycles. The highest BCUT2D eigenvalue weighted by Gasteiger charge is 2.16. The van der Waals surface area contributed by atoms with Gasteiger partial charge in [0.2, 0.25) is 5.91 Å². The number of halogens is 1. The van der Waals surface area contributed by atoms with Crippen LogP contribution in [-0.2, 0) is 9.53 Å². The van der Waals surface area contributed by atoms with E-state index in [1.165, 1.54) is 12.1 Å². The molecule has 1 heterocycles. The molecule has 0 bridgehead atoms. The molecular weight excluding hydrogens is 275 g/mol. The van der Waals surface area contributed by atoms with Crippen molar-refractivity contribution in [3.05, 3.63) is 35.6 Å². The van der Waals surface area contributed by atoms with Gasteiger partial charge < -0.3 is 20.5 Å². The van der Waals surface area contributed by atoms with Crippen molar-refractivity contribution in [3.63, 3.8) is 0 Å². The van der Waals surface area contributed by atoms with Crippen molar-refractivity contribution >= 4 is 5.91 Å². The number of benzene rings is 1. The zero-order chi connectivity index (χ0) is 15.1. The fourth-order valence-electron chi connectivity index (χ4n) is 2.28. The lowest BCUT2D eigenvalue weighted by molar-refractivity contribution is -0.120. The van der Waals surface area contributed by atoms with Crippen LogP contribution in [0.25, 0.3) is 0 Å². The summed E-state index contributed by atoms with van der Waals surface area (Å²) in [5.74, 6) is -0.709. The fraction of sp³-hybridized carbons (Fsp3) is 0.533. The van der Waals surface area contributed by atoms with Crippen molar-refractivity contribution in [1.82, 2.24) is 10.6 Å². The molecule has 2 rings (SSSR count). The van der Waals surface area contributed by atoms with Crippen LogP contribution in [0.4, 0.5) is 4.39 Å². The Bertz CT molecular complexity index is 464. The molecule has 0 spiro atoms. The monoisotopic (exact) mass is 296 g/mol. The molecular formula is C15H21FN2O3. The molecule has 1 fully saturated rings. The fourth-order valence-corrected chi connectivity index (χ4v) is 2.28. The van der Waals surface area contributed by atoms with E-state index in [1.807, 2.05) is 0 Å². The molecule has 1 aromatic carbocycles. The number of carbonyl (C=O) groups excluding carboxylic acids is 1. The molecule has 1 aliphatic heterocycles. The molecule has 1 saturated heterocycles. The summed E-state index contributed by atoms with van der Waals surface area (Å²) < 4.78 is 18.9. The number of amides is 1. The summed E-state index contributed by atoms with van der Waals surface area (Å²) in [5, 5.41) is 15.4. The first kappa shape index (κ1) is 15.9. The predicted molar refractivity (Wildman–Crippen MR) is 76.2 cm³/mol. The Balaban J connectivity index is 1.65. The van der Waals surface area contributed by atoms with Gasteiger partial charge in [-0.05, 0) is 18.9 Å². The average Bonchev–Trinajstić information content (AvgIpc) is 2.98. The van der Waals surface area contributed by atoms with Gasteiger partial charge in [0, 0.05) is 25.3 Å². The third kappa shape index (κ3) is 5.08. The summed E-state index contributed by atoms with van der Waals surface area (Å²) >= 11 is 0. The molecule has 116 valence electrons. The van der Waals surface area contributed by atoms with Crippen LogP contribution in [0.1, 0.15) is 24.5 Å². The second kappa shape index (κ2) is 8.07.